The van der Waals surface area contributed by atoms with Crippen molar-refractivity contribution in [2.45, 2.75) is 18.7 Å². The van der Waals surface area contributed by atoms with Gasteiger partial charge in [0.05, 0.1) is 22.3 Å². The van der Waals surface area contributed by atoms with Crippen LogP contribution in [0, 0.1) is 0 Å². The molecule has 0 spiro atoms. The maximum absolute atomic E-state index is 10.6. The lowest BCUT2D eigenvalue weighted by Gasteiger charge is -2.38. The van der Waals surface area contributed by atoms with E-state index in [2.05, 4.69) is 30.3 Å². The van der Waals surface area contributed by atoms with E-state index in [1.807, 2.05) is 23.2 Å². The molecule has 0 saturated carbocycles. The zero-order chi connectivity index (χ0) is 22.7. The molecule has 2 heterocycles. The number of phenolic OH excluding ortho intramolecular Hbond substituents is 1. The summed E-state index contributed by atoms with van der Waals surface area (Å²) in [6.07, 6.45) is -0.0544. The normalized spacial score (nSPS) is 19.1. The zero-order valence-corrected chi connectivity index (χ0v) is 19.4. The van der Waals surface area contributed by atoms with Gasteiger partial charge in [-0.2, -0.15) is 5.10 Å². The molecule has 4 aromatic carbocycles. The van der Waals surface area contributed by atoms with Gasteiger partial charge >= 0.3 is 0 Å². The van der Waals surface area contributed by atoms with Crippen LogP contribution >= 0.6 is 34.8 Å². The first-order chi connectivity index (χ1) is 16.0. The Balaban J connectivity index is 1.50. The summed E-state index contributed by atoms with van der Waals surface area (Å²) >= 11 is 19.1. The molecule has 6 rings (SSSR count). The number of benzene rings is 4. The summed E-state index contributed by atoms with van der Waals surface area (Å²) in [4.78, 5) is 0. The molecule has 2 aliphatic rings. The molecule has 0 saturated heterocycles. The molecule has 164 valence electrons. The molecule has 2 atom stereocenters. The summed E-state index contributed by atoms with van der Waals surface area (Å²) in [6.45, 7) is 0. The first kappa shape index (κ1) is 20.7. The Bertz CT molecular complexity index is 1450. The van der Waals surface area contributed by atoms with Crippen molar-refractivity contribution in [1.82, 2.24) is 5.01 Å². The Morgan fingerprint density at radius 3 is 2.48 bits per heavy atom. The molecular formula is C26H17Cl3N2O2. The number of ether oxygens (including phenoxy) is 1. The Labute approximate surface area is 205 Å². The molecule has 4 aromatic rings. The predicted octanol–water partition coefficient (Wildman–Crippen LogP) is 7.75. The molecule has 33 heavy (non-hydrogen) atoms. The fourth-order valence-electron chi connectivity index (χ4n) is 4.59. The molecule has 0 aliphatic carbocycles. The maximum Gasteiger partial charge on any atom is 0.217 e. The quantitative estimate of drug-likeness (QED) is 0.309. The lowest BCUT2D eigenvalue weighted by Crippen LogP contribution is -2.34. The highest BCUT2D eigenvalue weighted by atomic mass is 35.5. The number of fused-ring (bicyclic) bond motifs is 4. The van der Waals surface area contributed by atoms with E-state index in [0.717, 1.165) is 22.2 Å². The average molecular weight is 496 g/mol. The third-order valence-electron chi connectivity index (χ3n) is 6.15. The van der Waals surface area contributed by atoms with E-state index in [9.17, 15) is 5.11 Å². The van der Waals surface area contributed by atoms with E-state index >= 15 is 0 Å². The molecule has 1 N–H and O–H groups in total. The Hall–Kier alpha value is -2.92. The third kappa shape index (κ3) is 3.50. The van der Waals surface area contributed by atoms with Crippen molar-refractivity contribution in [3.05, 3.63) is 105 Å². The number of hydrazone groups is 1. The van der Waals surface area contributed by atoms with E-state index < -0.39 is 6.23 Å². The first-order valence-electron chi connectivity index (χ1n) is 10.5. The van der Waals surface area contributed by atoms with Gasteiger partial charge in [0.1, 0.15) is 11.5 Å². The third-order valence-corrected chi connectivity index (χ3v) is 6.88. The summed E-state index contributed by atoms with van der Waals surface area (Å²) < 4.78 is 6.32. The minimum absolute atomic E-state index is 0.0750. The summed E-state index contributed by atoms with van der Waals surface area (Å²) in [6, 6.07) is 22.8. The van der Waals surface area contributed by atoms with Crippen LogP contribution in [0.25, 0.3) is 10.8 Å². The molecular weight excluding hydrogens is 479 g/mol. The number of phenols is 1. The number of nitrogens with zero attached hydrogens (tertiary/aromatic N) is 2. The van der Waals surface area contributed by atoms with Crippen LogP contribution in [0.3, 0.4) is 0 Å². The number of hydrogen-bond donors (Lipinski definition) is 1. The Morgan fingerprint density at radius 1 is 0.848 bits per heavy atom. The lowest BCUT2D eigenvalue weighted by molar-refractivity contribution is -0.0202. The van der Waals surface area contributed by atoms with E-state index in [4.69, 9.17) is 44.6 Å². The van der Waals surface area contributed by atoms with Crippen molar-refractivity contribution < 1.29 is 9.84 Å². The van der Waals surface area contributed by atoms with Crippen molar-refractivity contribution in [3.63, 3.8) is 0 Å². The Kier molecular flexibility index (Phi) is 4.91. The van der Waals surface area contributed by atoms with Crippen LogP contribution in [0.1, 0.15) is 35.4 Å². The fourth-order valence-corrected chi connectivity index (χ4v) is 5.32. The van der Waals surface area contributed by atoms with Gasteiger partial charge in [-0.1, -0.05) is 71.2 Å². The van der Waals surface area contributed by atoms with Crippen molar-refractivity contribution in [2.75, 3.05) is 0 Å². The van der Waals surface area contributed by atoms with E-state index in [-0.39, 0.29) is 11.8 Å². The van der Waals surface area contributed by atoms with Crippen molar-refractivity contribution in [1.29, 1.82) is 0 Å². The van der Waals surface area contributed by atoms with E-state index in [1.54, 1.807) is 24.3 Å². The second-order valence-electron chi connectivity index (χ2n) is 8.19. The second kappa shape index (κ2) is 7.84. The Morgan fingerprint density at radius 2 is 1.64 bits per heavy atom. The highest BCUT2D eigenvalue weighted by molar-refractivity contribution is 6.35. The molecule has 0 aromatic heterocycles. The smallest absolute Gasteiger partial charge is 0.217 e. The number of halogens is 3. The van der Waals surface area contributed by atoms with Crippen molar-refractivity contribution >= 4 is 51.3 Å². The van der Waals surface area contributed by atoms with Gasteiger partial charge in [-0.15, -0.1) is 0 Å². The van der Waals surface area contributed by atoms with Gasteiger partial charge in [0, 0.05) is 22.0 Å². The minimum atomic E-state index is -0.696. The van der Waals surface area contributed by atoms with Gasteiger partial charge in [0.15, 0.2) is 0 Å². The molecule has 0 unspecified atom stereocenters. The average Bonchev–Trinajstić information content (AvgIpc) is 3.26. The van der Waals surface area contributed by atoms with Crippen LogP contribution < -0.4 is 4.74 Å². The number of hydrogen-bond acceptors (Lipinski definition) is 4. The van der Waals surface area contributed by atoms with Crippen molar-refractivity contribution in [2.24, 2.45) is 5.10 Å². The summed E-state index contributed by atoms with van der Waals surface area (Å²) in [5, 5.41) is 21.2. The summed E-state index contributed by atoms with van der Waals surface area (Å²) in [5.41, 5.74) is 3.34. The van der Waals surface area contributed by atoms with Gasteiger partial charge < -0.3 is 9.84 Å². The van der Waals surface area contributed by atoms with Crippen molar-refractivity contribution in [3.8, 4) is 11.5 Å². The van der Waals surface area contributed by atoms with Crippen LogP contribution in [0.15, 0.2) is 77.9 Å². The van der Waals surface area contributed by atoms with Gasteiger partial charge in [0.25, 0.3) is 0 Å². The number of rotatable bonds is 2. The number of aromatic hydroxyl groups is 1. The maximum atomic E-state index is 10.6. The zero-order valence-electron chi connectivity index (χ0n) is 17.2. The highest BCUT2D eigenvalue weighted by Crippen LogP contribution is 2.52. The summed E-state index contributed by atoms with van der Waals surface area (Å²) in [7, 11) is 0. The topological polar surface area (TPSA) is 45.1 Å². The molecule has 2 aliphatic heterocycles. The van der Waals surface area contributed by atoms with Gasteiger partial charge in [0.2, 0.25) is 6.23 Å². The fraction of sp³-hybridized carbons (Fsp3) is 0.115. The van der Waals surface area contributed by atoms with E-state index in [1.165, 1.54) is 5.39 Å². The first-order valence-corrected chi connectivity index (χ1v) is 11.6. The molecule has 0 fully saturated rings. The van der Waals surface area contributed by atoms with Crippen LogP contribution in [0.2, 0.25) is 15.1 Å². The standard InChI is InChI=1S/C26H17Cl3N2O2/c27-17-7-8-24(32)20(10-17)26-31-23(19-11-18(28)12-21(29)25(19)33-26)13-22(30-31)16-6-5-14-3-1-2-4-15(14)9-16/h1-12,23,26,32H,13H2/t23-,26+/m0/s1. The molecule has 4 nitrogen and oxygen atoms in total. The largest absolute Gasteiger partial charge is 0.507 e. The van der Waals surface area contributed by atoms with Gasteiger partial charge in [-0.25, -0.2) is 5.01 Å². The van der Waals surface area contributed by atoms with Crippen LogP contribution in [0.5, 0.6) is 11.5 Å². The van der Waals surface area contributed by atoms with E-state index in [0.29, 0.717) is 32.8 Å². The molecule has 7 heteroatoms. The van der Waals surface area contributed by atoms with Crippen LogP contribution in [-0.4, -0.2) is 15.8 Å². The van der Waals surface area contributed by atoms with Crippen LogP contribution in [0.4, 0.5) is 0 Å². The highest BCUT2D eigenvalue weighted by Gasteiger charge is 2.43. The SMILES string of the molecule is Oc1ccc(Cl)cc1[C@H]1Oc2c(Cl)cc(Cl)cc2[C@@H]2CC(c3ccc4ccccc4c3)=NN12. The predicted molar refractivity (Wildman–Crippen MR) is 133 cm³/mol. The van der Waals surface area contributed by atoms with Crippen LogP contribution in [-0.2, 0) is 0 Å². The van der Waals surface area contributed by atoms with Gasteiger partial charge in [-0.3, -0.25) is 0 Å². The molecule has 0 amide bonds. The summed E-state index contributed by atoms with van der Waals surface area (Å²) in [5.74, 6) is 0.618. The monoisotopic (exact) mass is 494 g/mol. The lowest BCUT2D eigenvalue weighted by atomic mass is 9.95. The second-order valence-corrected chi connectivity index (χ2v) is 9.47. The van der Waals surface area contributed by atoms with Gasteiger partial charge in [-0.05, 0) is 52.7 Å². The molecule has 0 radical (unpaired) electrons. The minimum Gasteiger partial charge on any atom is -0.507 e. The molecule has 0 bridgehead atoms.